The molecule has 1 aliphatic rings. The molecule has 1 atom stereocenters. The van der Waals surface area contributed by atoms with E-state index in [0.29, 0.717) is 25.8 Å². The van der Waals surface area contributed by atoms with Gasteiger partial charge in [-0.1, -0.05) is 74.0 Å². The van der Waals surface area contributed by atoms with Gasteiger partial charge in [0.15, 0.2) is 0 Å². The Morgan fingerprint density at radius 2 is 1.59 bits per heavy atom. The highest BCUT2D eigenvalue weighted by molar-refractivity contribution is 5.81. The highest BCUT2D eigenvalue weighted by Crippen LogP contribution is 2.44. The number of hydrogen-bond donors (Lipinski definition) is 3. The van der Waals surface area contributed by atoms with Gasteiger partial charge in [-0.05, 0) is 35.1 Å². The number of nitrogens with one attached hydrogen (secondary N) is 2. The fourth-order valence-electron chi connectivity index (χ4n) is 4.07. The molecule has 0 fully saturated rings. The van der Waals surface area contributed by atoms with Crippen LogP contribution in [-0.4, -0.2) is 49.1 Å². The van der Waals surface area contributed by atoms with Crippen molar-refractivity contribution in [3.8, 4) is 11.1 Å². The number of carbonyl (C=O) groups excluding carboxylic acids is 2. The van der Waals surface area contributed by atoms with Gasteiger partial charge in [0.25, 0.3) is 0 Å². The molecule has 0 spiro atoms. The highest BCUT2D eigenvalue weighted by Gasteiger charge is 2.29. The van der Waals surface area contributed by atoms with Crippen LogP contribution in [0.1, 0.15) is 42.7 Å². The maximum Gasteiger partial charge on any atom is 0.407 e. The van der Waals surface area contributed by atoms with Crippen LogP contribution >= 0.6 is 0 Å². The second-order valence-electron chi connectivity index (χ2n) is 8.02. The summed E-state index contributed by atoms with van der Waals surface area (Å²) in [6, 6.07) is 15.0. The third kappa shape index (κ3) is 6.60. The monoisotopic (exact) mass is 466 g/mol. The first-order valence-electron chi connectivity index (χ1n) is 11.4. The van der Waals surface area contributed by atoms with Crippen molar-refractivity contribution in [1.82, 2.24) is 10.6 Å². The summed E-state index contributed by atoms with van der Waals surface area (Å²) < 4.78 is 10.2. The molecule has 2 aromatic rings. The van der Waals surface area contributed by atoms with E-state index in [-0.39, 0.29) is 25.6 Å². The molecule has 3 N–H and O–H groups in total. The Morgan fingerprint density at radius 1 is 0.941 bits per heavy atom. The zero-order valence-corrected chi connectivity index (χ0v) is 19.0. The first-order valence-corrected chi connectivity index (χ1v) is 11.4. The van der Waals surface area contributed by atoms with Crippen molar-refractivity contribution in [1.29, 1.82) is 0 Å². The van der Waals surface area contributed by atoms with Crippen molar-refractivity contribution >= 4 is 18.2 Å². The van der Waals surface area contributed by atoms with Crippen molar-refractivity contribution < 1.29 is 29.0 Å². The van der Waals surface area contributed by atoms with Crippen LogP contribution in [0.15, 0.2) is 61.2 Å². The standard InChI is InChI=1S/C26H30N2O6/c1-2-16-33-25(31)27-15-9-3-4-14-23(24(29)30)28-26(32)34-17-22-20-12-7-5-10-18(20)19-11-6-8-13-21(19)22/h2,5-8,10-13,22-23H,1,3-4,9,14-17H2,(H,27,31)(H,28,32)(H,29,30)/t23-/m0/s1. The number of amides is 2. The van der Waals surface area contributed by atoms with Gasteiger partial charge in [0.1, 0.15) is 19.3 Å². The normalized spacial score (nSPS) is 12.7. The number of unbranched alkanes of at least 4 members (excludes halogenated alkanes) is 2. The molecule has 0 bridgehead atoms. The number of carboxylic acids is 1. The summed E-state index contributed by atoms with van der Waals surface area (Å²) in [5.41, 5.74) is 4.43. The molecule has 0 heterocycles. The van der Waals surface area contributed by atoms with Crippen molar-refractivity contribution in [3.63, 3.8) is 0 Å². The van der Waals surface area contributed by atoms with Crippen LogP contribution in [0.25, 0.3) is 11.1 Å². The number of carbonyl (C=O) groups is 3. The van der Waals surface area contributed by atoms with E-state index in [1.165, 1.54) is 6.08 Å². The smallest absolute Gasteiger partial charge is 0.407 e. The molecule has 2 amide bonds. The highest BCUT2D eigenvalue weighted by atomic mass is 16.6. The number of carboxylic acid groups (broad SMARTS) is 1. The minimum absolute atomic E-state index is 0.0907. The number of ether oxygens (including phenoxy) is 2. The summed E-state index contributed by atoms with van der Waals surface area (Å²) >= 11 is 0. The number of hydrogen-bond acceptors (Lipinski definition) is 5. The Bertz CT molecular complexity index is 976. The van der Waals surface area contributed by atoms with Gasteiger partial charge in [-0.25, -0.2) is 14.4 Å². The zero-order chi connectivity index (χ0) is 24.3. The van der Waals surface area contributed by atoms with Crippen molar-refractivity contribution in [3.05, 3.63) is 72.3 Å². The Kier molecular flexibility index (Phi) is 9.08. The molecule has 8 heteroatoms. The van der Waals surface area contributed by atoms with Gasteiger partial charge in [-0.15, -0.1) is 0 Å². The summed E-state index contributed by atoms with van der Waals surface area (Å²) in [4.78, 5) is 35.3. The minimum Gasteiger partial charge on any atom is -0.480 e. The summed E-state index contributed by atoms with van der Waals surface area (Å²) in [6.45, 7) is 4.16. The van der Waals surface area contributed by atoms with E-state index in [4.69, 9.17) is 9.47 Å². The maximum absolute atomic E-state index is 12.4. The van der Waals surface area contributed by atoms with Crippen molar-refractivity contribution in [2.24, 2.45) is 0 Å². The van der Waals surface area contributed by atoms with Crippen LogP contribution in [0.3, 0.4) is 0 Å². The predicted molar refractivity (Wildman–Crippen MR) is 128 cm³/mol. The van der Waals surface area contributed by atoms with E-state index < -0.39 is 24.2 Å². The molecule has 1 aliphatic carbocycles. The van der Waals surface area contributed by atoms with Gasteiger partial charge in [-0.2, -0.15) is 0 Å². The lowest BCUT2D eigenvalue weighted by atomic mass is 9.98. The van der Waals surface area contributed by atoms with Crippen LogP contribution in [0, 0.1) is 0 Å². The van der Waals surface area contributed by atoms with Gasteiger partial charge < -0.3 is 25.2 Å². The van der Waals surface area contributed by atoms with Gasteiger partial charge in [0.2, 0.25) is 0 Å². The molecule has 2 aromatic carbocycles. The molecular formula is C26H30N2O6. The molecule has 3 rings (SSSR count). The second kappa shape index (κ2) is 12.4. The minimum atomic E-state index is -1.11. The molecule has 0 radical (unpaired) electrons. The lowest BCUT2D eigenvalue weighted by Crippen LogP contribution is -2.41. The molecule has 0 aliphatic heterocycles. The number of aliphatic carboxylic acids is 1. The van der Waals surface area contributed by atoms with E-state index in [1.807, 2.05) is 36.4 Å². The average Bonchev–Trinajstić information content (AvgIpc) is 3.16. The second-order valence-corrected chi connectivity index (χ2v) is 8.02. The summed E-state index contributed by atoms with van der Waals surface area (Å²) in [5, 5.41) is 14.5. The van der Waals surface area contributed by atoms with E-state index in [9.17, 15) is 19.5 Å². The molecule has 0 saturated heterocycles. The quantitative estimate of drug-likeness (QED) is 0.315. The first-order chi connectivity index (χ1) is 16.5. The Balaban J connectivity index is 1.43. The van der Waals surface area contributed by atoms with Crippen LogP contribution in [-0.2, 0) is 14.3 Å². The fraction of sp³-hybridized carbons (Fsp3) is 0.346. The van der Waals surface area contributed by atoms with Crippen molar-refractivity contribution in [2.45, 2.75) is 37.6 Å². The van der Waals surface area contributed by atoms with E-state index in [0.717, 1.165) is 22.3 Å². The predicted octanol–water partition coefficient (Wildman–Crippen LogP) is 4.45. The lowest BCUT2D eigenvalue weighted by molar-refractivity contribution is -0.139. The Morgan fingerprint density at radius 3 is 2.21 bits per heavy atom. The lowest BCUT2D eigenvalue weighted by Gasteiger charge is -2.17. The molecular weight excluding hydrogens is 436 g/mol. The first kappa shape index (κ1) is 24.8. The maximum atomic E-state index is 12.4. The van der Waals surface area contributed by atoms with E-state index in [1.54, 1.807) is 0 Å². The zero-order valence-electron chi connectivity index (χ0n) is 19.0. The summed E-state index contributed by atoms with van der Waals surface area (Å²) in [6.07, 6.45) is 2.42. The third-order valence-electron chi connectivity index (χ3n) is 5.71. The van der Waals surface area contributed by atoms with Crippen LogP contribution in [0.2, 0.25) is 0 Å². The molecule has 0 unspecified atom stereocenters. The Hall–Kier alpha value is -3.81. The van der Waals surface area contributed by atoms with E-state index >= 15 is 0 Å². The van der Waals surface area contributed by atoms with Crippen molar-refractivity contribution in [2.75, 3.05) is 19.8 Å². The number of alkyl carbamates (subject to hydrolysis) is 2. The number of rotatable bonds is 12. The largest absolute Gasteiger partial charge is 0.480 e. The van der Waals surface area contributed by atoms with Gasteiger partial charge in [-0.3, -0.25) is 0 Å². The number of benzene rings is 2. The Labute approximate surface area is 199 Å². The van der Waals surface area contributed by atoms with Crippen LogP contribution < -0.4 is 10.6 Å². The summed E-state index contributed by atoms with van der Waals surface area (Å²) in [7, 11) is 0. The van der Waals surface area contributed by atoms with Gasteiger partial charge >= 0.3 is 18.2 Å². The summed E-state index contributed by atoms with van der Waals surface area (Å²) in [5.74, 6) is -1.20. The van der Waals surface area contributed by atoms with Gasteiger partial charge in [0, 0.05) is 12.5 Å². The molecule has 0 aromatic heterocycles. The topological polar surface area (TPSA) is 114 Å². The van der Waals surface area contributed by atoms with Gasteiger partial charge in [0.05, 0.1) is 0 Å². The van der Waals surface area contributed by atoms with Crippen LogP contribution in [0.4, 0.5) is 9.59 Å². The third-order valence-corrected chi connectivity index (χ3v) is 5.71. The SMILES string of the molecule is C=CCOC(=O)NCCCCC[C@H](NC(=O)OCC1c2ccccc2-c2ccccc21)C(=O)O. The average molecular weight is 467 g/mol. The molecule has 8 nitrogen and oxygen atoms in total. The van der Waals surface area contributed by atoms with Crippen LogP contribution in [0.5, 0.6) is 0 Å². The fourth-order valence-corrected chi connectivity index (χ4v) is 4.07. The molecule has 34 heavy (non-hydrogen) atoms. The molecule has 180 valence electrons. The number of fused-ring (bicyclic) bond motifs is 3. The van der Waals surface area contributed by atoms with E-state index in [2.05, 4.69) is 29.3 Å². The molecule has 0 saturated carbocycles.